The Hall–Kier alpha value is -3.98. The van der Waals surface area contributed by atoms with Gasteiger partial charge in [-0.2, -0.15) is 0 Å². The van der Waals surface area contributed by atoms with Crippen LogP contribution in [0.5, 0.6) is 17.2 Å². The van der Waals surface area contributed by atoms with Crippen molar-refractivity contribution in [2.24, 2.45) is 0 Å². The molecule has 178 valence electrons. The average Bonchev–Trinajstić information content (AvgIpc) is 3.29. The van der Waals surface area contributed by atoms with E-state index in [-0.39, 0.29) is 30.3 Å². The molecule has 0 aromatic heterocycles. The van der Waals surface area contributed by atoms with Gasteiger partial charge in [0.05, 0.1) is 38.6 Å². The molecule has 0 spiro atoms. The molecule has 9 heteroatoms. The number of ether oxygens (including phenoxy) is 4. The number of hydrogen-bond acceptors (Lipinski definition) is 7. The van der Waals surface area contributed by atoms with Gasteiger partial charge in [0.1, 0.15) is 12.4 Å². The van der Waals surface area contributed by atoms with E-state index in [2.05, 4.69) is 6.58 Å². The summed E-state index contributed by atoms with van der Waals surface area (Å²) >= 11 is 0. The maximum absolute atomic E-state index is 13.7. The van der Waals surface area contributed by atoms with Crippen molar-refractivity contribution in [1.82, 2.24) is 4.90 Å². The first-order valence-corrected chi connectivity index (χ1v) is 10.6. The number of anilines is 1. The van der Waals surface area contributed by atoms with Crippen LogP contribution in [0.4, 0.5) is 10.5 Å². The number of carbonyl (C=O) groups is 2. The number of amides is 2. The second-order valence-electron chi connectivity index (χ2n) is 7.72. The van der Waals surface area contributed by atoms with Crippen molar-refractivity contribution in [2.45, 2.75) is 12.3 Å². The molecule has 0 saturated heterocycles. The third kappa shape index (κ3) is 3.94. The van der Waals surface area contributed by atoms with Gasteiger partial charge in [0, 0.05) is 12.6 Å². The van der Waals surface area contributed by atoms with E-state index < -0.39 is 18.4 Å². The normalized spacial score (nSPS) is 18.9. The lowest BCUT2D eigenvalue weighted by Crippen LogP contribution is -2.51. The van der Waals surface area contributed by atoms with Crippen LogP contribution in [-0.4, -0.2) is 68.8 Å². The van der Waals surface area contributed by atoms with Gasteiger partial charge in [-0.3, -0.25) is 4.79 Å². The zero-order valence-electron chi connectivity index (χ0n) is 19.2. The van der Waals surface area contributed by atoms with Crippen LogP contribution < -0.4 is 19.1 Å². The van der Waals surface area contributed by atoms with Gasteiger partial charge in [0.2, 0.25) is 0 Å². The maximum Gasteiger partial charge on any atom is 0.416 e. The average molecular weight is 466 g/mol. The topological polar surface area (TPSA) is 97.8 Å². The first-order chi connectivity index (χ1) is 16.4. The predicted molar refractivity (Wildman–Crippen MR) is 125 cm³/mol. The number of carbonyl (C=O) groups excluding carboxylic acids is 2. The van der Waals surface area contributed by atoms with E-state index in [1.165, 1.54) is 37.3 Å². The number of benzene rings is 2. The van der Waals surface area contributed by atoms with E-state index in [9.17, 15) is 14.7 Å². The minimum absolute atomic E-state index is 0.0556. The summed E-state index contributed by atoms with van der Waals surface area (Å²) in [5, 5.41) is 11.4. The molecule has 34 heavy (non-hydrogen) atoms. The molecule has 0 fully saturated rings. The molecule has 2 aliphatic rings. The Balaban J connectivity index is 1.81. The van der Waals surface area contributed by atoms with E-state index in [4.69, 9.17) is 18.9 Å². The molecule has 9 nitrogen and oxygen atoms in total. The van der Waals surface area contributed by atoms with Crippen LogP contribution in [0, 0.1) is 0 Å². The fraction of sp³-hybridized carbons (Fsp3) is 0.280. The summed E-state index contributed by atoms with van der Waals surface area (Å²) in [5.74, 6) is 0.974. The SMILES string of the molecule is C=CCOC(=O)N1c2cc(OC)c(OC)cc2C(=O)N2CC(c3ccc(OC)cc3)=C[C@H]2[C@@H]1O. The lowest BCUT2D eigenvalue weighted by atomic mass is 10.1. The van der Waals surface area contributed by atoms with Gasteiger partial charge in [-0.25, -0.2) is 9.69 Å². The Morgan fingerprint density at radius 1 is 1.12 bits per heavy atom. The minimum Gasteiger partial charge on any atom is -0.497 e. The van der Waals surface area contributed by atoms with Crippen LogP contribution in [0.15, 0.2) is 55.1 Å². The molecule has 0 aliphatic carbocycles. The van der Waals surface area contributed by atoms with E-state index in [1.54, 1.807) is 13.2 Å². The second kappa shape index (κ2) is 9.48. The van der Waals surface area contributed by atoms with Gasteiger partial charge in [0.15, 0.2) is 17.7 Å². The molecule has 0 bridgehead atoms. The molecule has 0 radical (unpaired) electrons. The number of fused-ring (bicyclic) bond motifs is 2. The summed E-state index contributed by atoms with van der Waals surface area (Å²) < 4.78 is 21.2. The lowest BCUT2D eigenvalue weighted by Gasteiger charge is -2.31. The zero-order valence-corrected chi connectivity index (χ0v) is 19.2. The van der Waals surface area contributed by atoms with Crippen molar-refractivity contribution in [2.75, 3.05) is 39.4 Å². The molecule has 0 saturated carbocycles. The number of methoxy groups -OCH3 is 3. The molecule has 2 aromatic rings. The number of hydrogen-bond donors (Lipinski definition) is 1. The molecule has 1 N–H and O–H groups in total. The molecule has 4 rings (SSSR count). The Bertz CT molecular complexity index is 1140. The van der Waals surface area contributed by atoms with Crippen molar-refractivity contribution in [3.63, 3.8) is 0 Å². The molecule has 2 amide bonds. The van der Waals surface area contributed by atoms with Gasteiger partial charge in [-0.1, -0.05) is 30.9 Å². The van der Waals surface area contributed by atoms with Crippen molar-refractivity contribution >= 4 is 23.3 Å². The van der Waals surface area contributed by atoms with Crippen LogP contribution in [0.3, 0.4) is 0 Å². The highest BCUT2D eigenvalue weighted by molar-refractivity contribution is 6.07. The van der Waals surface area contributed by atoms with Gasteiger partial charge in [-0.05, 0) is 29.3 Å². The summed E-state index contributed by atoms with van der Waals surface area (Å²) in [6.07, 6.45) is 0.989. The number of aliphatic hydroxyl groups excluding tert-OH is 1. The molecule has 2 aromatic carbocycles. The van der Waals surface area contributed by atoms with E-state index >= 15 is 0 Å². The third-order valence-electron chi connectivity index (χ3n) is 5.88. The Morgan fingerprint density at radius 2 is 1.79 bits per heavy atom. The third-order valence-corrected chi connectivity index (χ3v) is 5.88. The molecular formula is C25H26N2O7. The summed E-state index contributed by atoms with van der Waals surface area (Å²) in [6.45, 7) is 3.75. The molecule has 0 unspecified atom stereocenters. The van der Waals surface area contributed by atoms with Crippen LogP contribution in [0.25, 0.3) is 5.57 Å². The van der Waals surface area contributed by atoms with Gasteiger partial charge in [0.25, 0.3) is 5.91 Å². The van der Waals surface area contributed by atoms with Crippen LogP contribution in [0.1, 0.15) is 15.9 Å². The summed E-state index contributed by atoms with van der Waals surface area (Å²) in [6, 6.07) is 9.60. The zero-order chi connectivity index (χ0) is 24.4. The highest BCUT2D eigenvalue weighted by atomic mass is 16.6. The van der Waals surface area contributed by atoms with Gasteiger partial charge >= 0.3 is 6.09 Å². The highest BCUT2D eigenvalue weighted by Crippen LogP contribution is 2.41. The second-order valence-corrected chi connectivity index (χ2v) is 7.72. The van der Waals surface area contributed by atoms with Crippen LogP contribution in [-0.2, 0) is 4.74 Å². The minimum atomic E-state index is -1.41. The first-order valence-electron chi connectivity index (χ1n) is 10.6. The van der Waals surface area contributed by atoms with Crippen molar-refractivity contribution < 1.29 is 33.6 Å². The van der Waals surface area contributed by atoms with E-state index in [0.717, 1.165) is 16.0 Å². The van der Waals surface area contributed by atoms with E-state index in [0.29, 0.717) is 17.2 Å². The van der Waals surface area contributed by atoms with Gasteiger partial charge < -0.3 is 29.0 Å². The Morgan fingerprint density at radius 3 is 2.41 bits per heavy atom. The first kappa shape index (κ1) is 23.2. The summed E-state index contributed by atoms with van der Waals surface area (Å²) in [7, 11) is 4.49. The van der Waals surface area contributed by atoms with Crippen molar-refractivity contribution in [1.29, 1.82) is 0 Å². The summed E-state index contributed by atoms with van der Waals surface area (Å²) in [4.78, 5) is 29.3. The van der Waals surface area contributed by atoms with Crippen LogP contribution >= 0.6 is 0 Å². The molecular weight excluding hydrogens is 440 g/mol. The quantitative estimate of drug-likeness (QED) is 0.654. The summed E-state index contributed by atoms with van der Waals surface area (Å²) in [5.41, 5.74) is 2.06. The fourth-order valence-electron chi connectivity index (χ4n) is 4.18. The van der Waals surface area contributed by atoms with Crippen molar-refractivity contribution in [3.8, 4) is 17.2 Å². The van der Waals surface area contributed by atoms with Gasteiger partial charge in [-0.15, -0.1) is 0 Å². The Kier molecular flexibility index (Phi) is 6.47. The monoisotopic (exact) mass is 466 g/mol. The smallest absolute Gasteiger partial charge is 0.416 e. The number of nitrogens with zero attached hydrogens (tertiary/aromatic N) is 2. The van der Waals surface area contributed by atoms with E-state index in [1.807, 2.05) is 24.3 Å². The maximum atomic E-state index is 13.7. The molecule has 2 atom stereocenters. The molecule has 2 heterocycles. The lowest BCUT2D eigenvalue weighted by molar-refractivity contribution is 0.0557. The van der Waals surface area contributed by atoms with Crippen molar-refractivity contribution in [3.05, 3.63) is 66.3 Å². The number of rotatable bonds is 6. The predicted octanol–water partition coefficient (Wildman–Crippen LogP) is 3.08. The van der Waals surface area contributed by atoms with Crippen LogP contribution in [0.2, 0.25) is 0 Å². The highest BCUT2D eigenvalue weighted by Gasteiger charge is 2.45. The largest absolute Gasteiger partial charge is 0.497 e. The molecule has 2 aliphatic heterocycles. The fourth-order valence-corrected chi connectivity index (χ4v) is 4.18. The standard InChI is InChI=1S/C25H26N2O7/c1-5-10-34-25(30)27-19-13-22(33-4)21(32-3)12-18(19)23(28)26-14-16(11-20(26)24(27)29)15-6-8-17(31-2)9-7-15/h5-9,11-13,20,24,29H,1,10,14H2,2-4H3/t20-,24-/m0/s1. The Labute approximate surface area is 197 Å². The number of aliphatic hydroxyl groups is 1.